The van der Waals surface area contributed by atoms with E-state index in [1.165, 1.54) is 12.7 Å². The maximum absolute atomic E-state index is 11.2. The minimum atomic E-state index is -0.249. The molecule has 0 aliphatic heterocycles. The van der Waals surface area contributed by atoms with Crippen molar-refractivity contribution in [3.05, 3.63) is 33.4 Å². The number of aromatic amines is 1. The van der Waals surface area contributed by atoms with Gasteiger partial charge in [0, 0.05) is 0 Å². The zero-order valence-corrected chi connectivity index (χ0v) is 8.98. The van der Waals surface area contributed by atoms with Gasteiger partial charge in [0.15, 0.2) is 5.82 Å². The molecule has 15 heavy (non-hydrogen) atoms. The summed E-state index contributed by atoms with van der Waals surface area (Å²) < 4.78 is 4.90. The smallest absolute Gasteiger partial charge is 0.267 e. The summed E-state index contributed by atoms with van der Waals surface area (Å²) in [6.07, 6.45) is 2.54. The van der Waals surface area contributed by atoms with E-state index < -0.39 is 0 Å². The first kappa shape index (κ1) is 9.84. The molecule has 0 bridgehead atoms. The summed E-state index contributed by atoms with van der Waals surface area (Å²) in [7, 11) is 0. The molecule has 0 fully saturated rings. The Balaban J connectivity index is 2.12. The van der Waals surface area contributed by atoms with Gasteiger partial charge < -0.3 is 14.8 Å². The van der Waals surface area contributed by atoms with Crippen LogP contribution in [-0.2, 0) is 6.54 Å². The topological polar surface area (TPSA) is 96.7 Å². The van der Waals surface area contributed by atoms with Gasteiger partial charge in [-0.05, 0) is 15.9 Å². The summed E-state index contributed by atoms with van der Waals surface area (Å²) in [5.41, 5.74) is -0.249. The number of anilines is 1. The van der Waals surface area contributed by atoms with E-state index in [1.807, 2.05) is 0 Å². The first-order valence-electron chi connectivity index (χ1n) is 3.99. The SMILES string of the molecule is O=c1[nH]cnc(NCc2ncon2)c1Br. The predicted octanol–water partition coefficient (Wildman–Crippen LogP) is 0.527. The highest BCUT2D eigenvalue weighted by molar-refractivity contribution is 9.10. The number of hydrogen-bond acceptors (Lipinski definition) is 6. The predicted molar refractivity (Wildman–Crippen MR) is 54.2 cm³/mol. The highest BCUT2D eigenvalue weighted by Gasteiger charge is 2.05. The Bertz CT molecular complexity index is 494. The third kappa shape index (κ3) is 2.21. The zero-order valence-electron chi connectivity index (χ0n) is 7.40. The van der Waals surface area contributed by atoms with Crippen molar-refractivity contribution in [1.29, 1.82) is 0 Å². The first-order chi connectivity index (χ1) is 7.27. The van der Waals surface area contributed by atoms with Crippen LogP contribution in [-0.4, -0.2) is 20.1 Å². The van der Waals surface area contributed by atoms with E-state index in [0.29, 0.717) is 22.7 Å². The summed E-state index contributed by atoms with van der Waals surface area (Å²) in [5, 5.41) is 6.50. The van der Waals surface area contributed by atoms with E-state index in [9.17, 15) is 4.79 Å². The van der Waals surface area contributed by atoms with Crippen LogP contribution in [0.1, 0.15) is 5.82 Å². The number of nitrogens with one attached hydrogen (secondary N) is 2. The molecule has 0 radical (unpaired) electrons. The van der Waals surface area contributed by atoms with Crippen LogP contribution in [0.5, 0.6) is 0 Å². The van der Waals surface area contributed by atoms with E-state index in [0.717, 1.165) is 0 Å². The number of nitrogens with zero attached hydrogens (tertiary/aromatic N) is 3. The van der Waals surface area contributed by atoms with Crippen molar-refractivity contribution in [2.45, 2.75) is 6.54 Å². The van der Waals surface area contributed by atoms with Gasteiger partial charge in [0.25, 0.3) is 5.56 Å². The third-order valence-corrected chi connectivity index (χ3v) is 2.35. The van der Waals surface area contributed by atoms with Gasteiger partial charge in [0.05, 0.1) is 12.9 Å². The standard InChI is InChI=1S/C7H6BrN5O2/c8-5-6(10-2-11-7(5)14)9-1-4-12-3-15-13-4/h2-3H,1H2,(H2,9,10,11,14). The molecule has 78 valence electrons. The van der Waals surface area contributed by atoms with Crippen LogP contribution in [0.15, 0.2) is 26.5 Å². The minimum absolute atomic E-state index is 0.249. The molecule has 2 N–H and O–H groups in total. The monoisotopic (exact) mass is 271 g/mol. The van der Waals surface area contributed by atoms with Gasteiger partial charge >= 0.3 is 0 Å². The Morgan fingerprint density at radius 2 is 2.40 bits per heavy atom. The molecule has 0 aliphatic rings. The average Bonchev–Trinajstić information content (AvgIpc) is 2.73. The largest absolute Gasteiger partial charge is 0.361 e. The van der Waals surface area contributed by atoms with Crippen LogP contribution >= 0.6 is 15.9 Å². The van der Waals surface area contributed by atoms with Crippen LogP contribution in [0.3, 0.4) is 0 Å². The zero-order chi connectivity index (χ0) is 10.7. The van der Waals surface area contributed by atoms with Crippen LogP contribution in [0.25, 0.3) is 0 Å². The van der Waals surface area contributed by atoms with E-state index in [2.05, 4.69) is 45.9 Å². The second-order valence-electron chi connectivity index (χ2n) is 2.60. The van der Waals surface area contributed by atoms with Crippen molar-refractivity contribution in [1.82, 2.24) is 20.1 Å². The molecule has 0 unspecified atom stereocenters. The Hall–Kier alpha value is -1.70. The molecule has 0 atom stereocenters. The van der Waals surface area contributed by atoms with Gasteiger partial charge in [-0.2, -0.15) is 4.98 Å². The highest BCUT2D eigenvalue weighted by atomic mass is 79.9. The van der Waals surface area contributed by atoms with Gasteiger partial charge in [-0.25, -0.2) is 4.98 Å². The van der Waals surface area contributed by atoms with Crippen LogP contribution in [0.4, 0.5) is 5.82 Å². The van der Waals surface area contributed by atoms with Crippen molar-refractivity contribution < 1.29 is 4.52 Å². The lowest BCUT2D eigenvalue weighted by atomic mass is 10.5. The van der Waals surface area contributed by atoms with Gasteiger partial charge in [-0.3, -0.25) is 4.79 Å². The average molecular weight is 272 g/mol. The van der Waals surface area contributed by atoms with Crippen LogP contribution in [0.2, 0.25) is 0 Å². The van der Waals surface area contributed by atoms with Crippen LogP contribution in [0, 0.1) is 0 Å². The number of H-pyrrole nitrogens is 1. The summed E-state index contributed by atoms with van der Waals surface area (Å²) in [5.74, 6) is 0.924. The molecule has 2 rings (SSSR count). The molecule has 8 heteroatoms. The first-order valence-corrected chi connectivity index (χ1v) is 4.79. The Kier molecular flexibility index (Phi) is 2.77. The summed E-state index contributed by atoms with van der Waals surface area (Å²) in [6, 6.07) is 0. The Morgan fingerprint density at radius 1 is 1.53 bits per heavy atom. The molecule has 0 spiro atoms. The molecular formula is C7H6BrN5O2. The summed E-state index contributed by atoms with van der Waals surface area (Å²) in [4.78, 5) is 21.4. The molecule has 0 amide bonds. The van der Waals surface area contributed by atoms with Gasteiger partial charge in [0.1, 0.15) is 10.3 Å². The lowest BCUT2D eigenvalue weighted by molar-refractivity contribution is 0.411. The number of rotatable bonds is 3. The fourth-order valence-corrected chi connectivity index (χ4v) is 1.30. The molecule has 2 aromatic rings. The number of hydrogen-bond donors (Lipinski definition) is 2. The maximum atomic E-state index is 11.2. The molecular weight excluding hydrogens is 266 g/mol. The van der Waals surface area contributed by atoms with Crippen molar-refractivity contribution in [3.8, 4) is 0 Å². The summed E-state index contributed by atoms with van der Waals surface area (Å²) >= 11 is 3.11. The fourth-order valence-electron chi connectivity index (χ4n) is 0.939. The van der Waals surface area contributed by atoms with Gasteiger partial charge in [0.2, 0.25) is 6.39 Å². The minimum Gasteiger partial charge on any atom is -0.361 e. The molecule has 2 heterocycles. The molecule has 0 saturated heterocycles. The van der Waals surface area contributed by atoms with Crippen molar-refractivity contribution in [2.75, 3.05) is 5.32 Å². The van der Waals surface area contributed by atoms with Crippen molar-refractivity contribution in [2.24, 2.45) is 0 Å². The molecule has 0 aromatic carbocycles. The van der Waals surface area contributed by atoms with Crippen LogP contribution < -0.4 is 10.9 Å². The molecule has 7 nitrogen and oxygen atoms in total. The molecule has 0 saturated carbocycles. The number of aromatic nitrogens is 4. The molecule has 2 aromatic heterocycles. The molecule has 0 aliphatic carbocycles. The van der Waals surface area contributed by atoms with Gasteiger partial charge in [-0.1, -0.05) is 5.16 Å². The highest BCUT2D eigenvalue weighted by Crippen LogP contribution is 2.13. The van der Waals surface area contributed by atoms with E-state index in [-0.39, 0.29) is 5.56 Å². The third-order valence-electron chi connectivity index (χ3n) is 1.62. The van der Waals surface area contributed by atoms with Crippen molar-refractivity contribution >= 4 is 21.7 Å². The van der Waals surface area contributed by atoms with E-state index >= 15 is 0 Å². The van der Waals surface area contributed by atoms with E-state index in [4.69, 9.17) is 0 Å². The summed E-state index contributed by atoms with van der Waals surface area (Å²) in [6.45, 7) is 0.339. The second-order valence-corrected chi connectivity index (χ2v) is 3.39. The Morgan fingerprint density at radius 3 is 3.13 bits per heavy atom. The van der Waals surface area contributed by atoms with Crippen molar-refractivity contribution in [3.63, 3.8) is 0 Å². The number of halogens is 1. The van der Waals surface area contributed by atoms with Gasteiger partial charge in [-0.15, -0.1) is 0 Å². The second kappa shape index (κ2) is 4.22. The lowest BCUT2D eigenvalue weighted by Crippen LogP contribution is -2.12. The van der Waals surface area contributed by atoms with E-state index in [1.54, 1.807) is 0 Å². The quantitative estimate of drug-likeness (QED) is 0.845. The normalized spacial score (nSPS) is 10.2. The Labute approximate surface area is 92.1 Å². The maximum Gasteiger partial charge on any atom is 0.267 e. The lowest BCUT2D eigenvalue weighted by Gasteiger charge is -2.02. The fraction of sp³-hybridized carbons (Fsp3) is 0.143.